The van der Waals surface area contributed by atoms with Gasteiger partial charge < -0.3 is 62.1 Å². The summed E-state index contributed by atoms with van der Waals surface area (Å²) < 4.78 is 0. The average Bonchev–Trinajstić information content (AvgIpc) is 4.34. The normalized spacial score (nSPS) is 24.9. The van der Waals surface area contributed by atoms with Gasteiger partial charge in [-0.3, -0.25) is 28.8 Å². The van der Waals surface area contributed by atoms with Crippen LogP contribution in [-0.4, -0.2) is 156 Å². The van der Waals surface area contributed by atoms with Gasteiger partial charge in [0.1, 0.15) is 24.2 Å². The number of hydrogen-bond acceptors (Lipinski definition) is 10. The summed E-state index contributed by atoms with van der Waals surface area (Å²) >= 11 is 0. The number of hydrogen-bond donors (Lipinski definition) is 8. The van der Waals surface area contributed by atoms with Gasteiger partial charge in [0.2, 0.25) is 35.4 Å². The van der Waals surface area contributed by atoms with Crippen molar-refractivity contribution in [1.82, 2.24) is 51.5 Å². The van der Waals surface area contributed by atoms with E-state index >= 15 is 0 Å². The molecule has 10 rings (SSSR count). The lowest BCUT2D eigenvalue weighted by atomic mass is 9.87. The summed E-state index contributed by atoms with van der Waals surface area (Å²) in [4.78, 5) is 119. The van der Waals surface area contributed by atoms with Crippen molar-refractivity contribution in [2.45, 2.75) is 158 Å². The second-order valence-electron chi connectivity index (χ2n) is 23.3. The summed E-state index contributed by atoms with van der Waals surface area (Å²) in [5.74, 6) is -1.95. The van der Waals surface area contributed by atoms with Crippen LogP contribution in [0.4, 0.5) is 21.0 Å². The van der Waals surface area contributed by atoms with E-state index in [-0.39, 0.29) is 60.9 Å². The first-order valence-corrected chi connectivity index (χ1v) is 29.8. The van der Waals surface area contributed by atoms with Crippen molar-refractivity contribution in [3.8, 4) is 0 Å². The Kier molecular flexibility index (Phi) is 18.4. The van der Waals surface area contributed by atoms with E-state index in [0.29, 0.717) is 69.4 Å². The zero-order valence-corrected chi connectivity index (χ0v) is 48.1. The number of urea groups is 2. The maximum absolute atomic E-state index is 14.6. The molecule has 83 heavy (non-hydrogen) atoms. The lowest BCUT2D eigenvalue weighted by Gasteiger charge is -2.39. The smallest absolute Gasteiger partial charge is 0.321 e. The number of nitrogens with one attached hydrogen (secondary N) is 8. The van der Waals surface area contributed by atoms with Crippen molar-refractivity contribution < 1.29 is 38.4 Å². The molecule has 0 bridgehead atoms. The molecule has 440 valence electrons. The maximum Gasteiger partial charge on any atom is 0.321 e. The SMILES string of the molecule is CN[C@@H](C)C(=O)N[C@H]1CN(C(=O)Nc2ccc(Cc3ccc(NC(=O)N4CC[C@H]5CC[C@@H](C(=O)NC6CCCc7ccccc76)N5C(=O)[C@@H](NC(=O)[C@H](C)NC)C4)cc3)cc2)CC[C@H]2CCC(C(=O)N[C@@H]3CCCc4ccccc43)N2C1=O. The molecule has 10 amide bonds. The Morgan fingerprint density at radius 2 is 0.880 bits per heavy atom. The lowest BCUT2D eigenvalue weighted by molar-refractivity contribution is -0.145. The first-order valence-electron chi connectivity index (χ1n) is 29.8. The molecule has 2 aliphatic carbocycles. The molecule has 0 saturated carbocycles. The van der Waals surface area contributed by atoms with Crippen molar-refractivity contribution in [3.63, 3.8) is 0 Å². The van der Waals surface area contributed by atoms with E-state index in [4.69, 9.17) is 0 Å². The van der Waals surface area contributed by atoms with Gasteiger partial charge in [-0.1, -0.05) is 72.8 Å². The van der Waals surface area contributed by atoms with Gasteiger partial charge in [-0.05, 0) is 169 Å². The third-order valence-electron chi connectivity index (χ3n) is 18.0. The van der Waals surface area contributed by atoms with Gasteiger partial charge >= 0.3 is 12.1 Å². The molecule has 4 aromatic rings. The number of rotatable bonds is 14. The summed E-state index contributed by atoms with van der Waals surface area (Å²) in [5.41, 5.74) is 7.71. The Labute approximate surface area is 486 Å². The predicted octanol–water partition coefficient (Wildman–Crippen LogP) is 5.04. The third-order valence-corrected chi connectivity index (χ3v) is 18.0. The van der Waals surface area contributed by atoms with Crippen LogP contribution in [-0.2, 0) is 48.0 Å². The highest BCUT2D eigenvalue weighted by molar-refractivity contribution is 5.97. The van der Waals surface area contributed by atoms with Crippen LogP contribution in [0.15, 0.2) is 97.1 Å². The highest BCUT2D eigenvalue weighted by atomic mass is 16.2. The van der Waals surface area contributed by atoms with E-state index < -0.39 is 60.1 Å². The van der Waals surface area contributed by atoms with Gasteiger partial charge in [0.15, 0.2) is 0 Å². The fourth-order valence-corrected chi connectivity index (χ4v) is 13.1. The quantitative estimate of drug-likeness (QED) is 0.0836. The van der Waals surface area contributed by atoms with Crippen molar-refractivity contribution in [1.29, 1.82) is 0 Å². The van der Waals surface area contributed by atoms with Crippen LogP contribution in [0.3, 0.4) is 0 Å². The number of carbonyl (C=O) groups is 8. The summed E-state index contributed by atoms with van der Waals surface area (Å²) in [6, 6.07) is 24.8. The summed E-state index contributed by atoms with van der Waals surface area (Å²) in [5, 5.41) is 24.2. The molecule has 0 spiro atoms. The number of nitrogens with zero attached hydrogens (tertiary/aromatic N) is 4. The summed E-state index contributed by atoms with van der Waals surface area (Å²) in [7, 11) is 3.31. The molecular weight excluding hydrogens is 1050 g/mol. The van der Waals surface area contributed by atoms with Crippen LogP contribution < -0.4 is 42.5 Å². The van der Waals surface area contributed by atoms with Gasteiger partial charge in [0.05, 0.1) is 37.3 Å². The van der Waals surface area contributed by atoms with E-state index in [1.165, 1.54) is 11.1 Å². The van der Waals surface area contributed by atoms with Gasteiger partial charge in [-0.15, -0.1) is 0 Å². The van der Waals surface area contributed by atoms with Crippen molar-refractivity contribution in [3.05, 3.63) is 130 Å². The third kappa shape index (κ3) is 13.3. The lowest BCUT2D eigenvalue weighted by Crippen LogP contribution is -2.62. The molecule has 4 fully saturated rings. The molecular formula is C63H80N12O8. The molecule has 20 heteroatoms. The Morgan fingerprint density at radius 3 is 1.28 bits per heavy atom. The first-order chi connectivity index (χ1) is 40.2. The largest absolute Gasteiger partial charge is 0.347 e. The van der Waals surface area contributed by atoms with Crippen LogP contribution >= 0.6 is 0 Å². The summed E-state index contributed by atoms with van der Waals surface area (Å²) in [6.45, 7) is 3.82. The number of carbonyl (C=O) groups excluding carboxylic acids is 8. The molecule has 8 N–H and O–H groups in total. The molecule has 4 saturated heterocycles. The molecule has 0 aromatic heterocycles. The molecule has 4 heterocycles. The van der Waals surface area contributed by atoms with E-state index in [9.17, 15) is 38.4 Å². The Morgan fingerprint density at radius 1 is 0.482 bits per heavy atom. The molecule has 2 unspecified atom stereocenters. The first kappa shape index (κ1) is 58.4. The number of anilines is 2. The van der Waals surface area contributed by atoms with Crippen molar-refractivity contribution >= 4 is 58.9 Å². The minimum Gasteiger partial charge on any atom is -0.347 e. The zero-order chi connectivity index (χ0) is 58.3. The predicted molar refractivity (Wildman–Crippen MR) is 315 cm³/mol. The highest BCUT2D eigenvalue weighted by Gasteiger charge is 2.48. The molecule has 0 radical (unpaired) electrons. The fraction of sp³-hybridized carbons (Fsp3) is 0.492. The van der Waals surface area contributed by atoms with Crippen LogP contribution in [0, 0.1) is 0 Å². The van der Waals surface area contributed by atoms with E-state index in [1.54, 1.807) is 47.5 Å². The second kappa shape index (κ2) is 26.2. The average molecular weight is 1130 g/mol. The van der Waals surface area contributed by atoms with Crippen LogP contribution in [0.25, 0.3) is 0 Å². The molecule has 20 nitrogen and oxygen atoms in total. The number of amides is 10. The molecule has 4 aliphatic heterocycles. The molecule has 10 atom stereocenters. The minimum absolute atomic E-state index is 0.0838. The molecule has 4 aromatic carbocycles. The van der Waals surface area contributed by atoms with Gasteiger partial charge in [0, 0.05) is 36.5 Å². The fourth-order valence-electron chi connectivity index (χ4n) is 13.1. The molecule has 6 aliphatic rings. The Bertz CT molecular complexity index is 2850. The number of aryl methyl sites for hydroxylation is 2. The standard InChI is InChI=1S/C63H80N12O8/c1-38(64-3)56(76)70-52-36-72(33-31-46-27-29-54(74(46)60(52)80)58(78)68-50-17-9-13-42-11-5-7-15-48(42)50)62(82)66-44-23-19-40(20-24-44)35-41-21-25-45(26-22-41)67-63(83)73-34-32-47-28-30-55(75(47)61(81)53(37-73)71-57(77)39(2)65-4)59(79)69-51-18-10-14-43-12-6-8-16-49(43)51/h5-8,11-12,15-16,19-26,38-39,46-47,50-55,64-65H,9-10,13-14,17-18,27-37H2,1-4H3,(H,66,82)(H,67,83)(H,68,78)(H,69,79)(H,70,76)(H,71,77)/t38-,39-,46+,47+,50+,51?,52-,53-,54?,55-/m0/s1. The number of benzene rings is 4. The van der Waals surface area contributed by atoms with Gasteiger partial charge in [0.25, 0.3) is 0 Å². The van der Waals surface area contributed by atoms with E-state index in [2.05, 4.69) is 66.8 Å². The number of fused-ring (bicyclic) bond motifs is 4. The minimum atomic E-state index is -1.08. The zero-order valence-electron chi connectivity index (χ0n) is 48.1. The monoisotopic (exact) mass is 1130 g/mol. The van der Waals surface area contributed by atoms with Gasteiger partial charge in [-0.25, -0.2) is 9.59 Å². The van der Waals surface area contributed by atoms with Crippen molar-refractivity contribution in [2.24, 2.45) is 0 Å². The van der Waals surface area contributed by atoms with Gasteiger partial charge in [-0.2, -0.15) is 0 Å². The number of likely N-dealkylation sites (N-methyl/N-ethyl adjacent to an activating group) is 2. The van der Waals surface area contributed by atoms with Crippen LogP contribution in [0.1, 0.15) is 124 Å². The summed E-state index contributed by atoms with van der Waals surface area (Å²) in [6.07, 6.45) is 9.11. The Hall–Kier alpha value is -7.84. The van der Waals surface area contributed by atoms with E-state index in [0.717, 1.165) is 60.8 Å². The Balaban J connectivity index is 0.743. The van der Waals surface area contributed by atoms with E-state index in [1.807, 2.05) is 72.8 Å². The maximum atomic E-state index is 14.6. The van der Waals surface area contributed by atoms with Crippen molar-refractivity contribution in [2.75, 3.05) is 50.9 Å². The topological polar surface area (TPSA) is 246 Å². The highest BCUT2D eigenvalue weighted by Crippen LogP contribution is 2.35. The van der Waals surface area contributed by atoms with Crippen LogP contribution in [0.2, 0.25) is 0 Å². The van der Waals surface area contributed by atoms with Crippen LogP contribution in [0.5, 0.6) is 0 Å². The second-order valence-corrected chi connectivity index (χ2v) is 23.3.